The van der Waals surface area contributed by atoms with Gasteiger partial charge in [0, 0.05) is 23.6 Å². The molecule has 0 aliphatic carbocycles. The molecule has 2 N–H and O–H groups in total. The van der Waals surface area contributed by atoms with Crippen LogP contribution in [0.4, 0.5) is 5.69 Å². The lowest BCUT2D eigenvalue weighted by Crippen LogP contribution is -1.97. The van der Waals surface area contributed by atoms with Crippen LogP contribution in [0.1, 0.15) is 5.56 Å². The number of aromatic nitrogens is 3. The first-order chi connectivity index (χ1) is 9.24. The molecule has 94 valence electrons. The summed E-state index contributed by atoms with van der Waals surface area (Å²) in [5.74, 6) is 0. The highest BCUT2D eigenvalue weighted by atomic mass is 15.3. The number of nitrogens with two attached hydrogens (primary N) is 1. The molecule has 3 rings (SSSR count). The van der Waals surface area contributed by atoms with Crippen LogP contribution in [0.25, 0.3) is 16.8 Å². The normalized spacial score (nSPS) is 10.6. The summed E-state index contributed by atoms with van der Waals surface area (Å²) in [6.07, 6.45) is 7.44. The Balaban J connectivity index is 2.00. The number of nitrogens with zero attached hydrogens (tertiary/aromatic N) is 3. The molecule has 4 heteroatoms. The van der Waals surface area contributed by atoms with Gasteiger partial charge >= 0.3 is 0 Å². The molecule has 0 saturated carbocycles. The van der Waals surface area contributed by atoms with Crippen molar-refractivity contribution in [3.05, 3.63) is 60.7 Å². The summed E-state index contributed by atoms with van der Waals surface area (Å²) in [4.78, 5) is 4.14. The fourth-order valence-electron chi connectivity index (χ4n) is 1.97. The highest BCUT2D eigenvalue weighted by Gasteiger charge is 2.05. The molecule has 0 aliphatic rings. The molecule has 2 heterocycles. The third-order valence-electron chi connectivity index (χ3n) is 3.08. The molecule has 0 atom stereocenters. The highest BCUT2D eigenvalue weighted by Crippen LogP contribution is 2.21. The van der Waals surface area contributed by atoms with Crippen LogP contribution in [0.3, 0.4) is 0 Å². The number of pyridine rings is 1. The number of rotatable bonds is 2. The zero-order valence-corrected chi connectivity index (χ0v) is 10.6. The van der Waals surface area contributed by atoms with Crippen LogP contribution in [0.5, 0.6) is 0 Å². The van der Waals surface area contributed by atoms with E-state index >= 15 is 0 Å². The first kappa shape index (κ1) is 11.5. The van der Waals surface area contributed by atoms with Gasteiger partial charge in [0.05, 0.1) is 18.1 Å². The van der Waals surface area contributed by atoms with Gasteiger partial charge in [-0.15, -0.1) is 0 Å². The summed E-state index contributed by atoms with van der Waals surface area (Å²) in [6.45, 7) is 2.04. The molecule has 0 saturated heterocycles. The Morgan fingerprint density at radius 1 is 1.00 bits per heavy atom. The SMILES string of the molecule is Cc1ccncc1-n1cc(-c2ccc(N)cc2)cn1. The largest absolute Gasteiger partial charge is 0.399 e. The smallest absolute Gasteiger partial charge is 0.0858 e. The van der Waals surface area contributed by atoms with Crippen molar-refractivity contribution in [3.63, 3.8) is 0 Å². The Labute approximate surface area is 111 Å². The van der Waals surface area contributed by atoms with Crippen molar-refractivity contribution >= 4 is 5.69 Å². The van der Waals surface area contributed by atoms with Crippen molar-refractivity contribution in [1.82, 2.24) is 14.8 Å². The molecule has 3 aromatic rings. The number of hydrogen-bond acceptors (Lipinski definition) is 3. The zero-order valence-electron chi connectivity index (χ0n) is 10.6. The van der Waals surface area contributed by atoms with Crippen molar-refractivity contribution in [2.24, 2.45) is 0 Å². The van der Waals surface area contributed by atoms with E-state index in [1.54, 1.807) is 6.20 Å². The Bertz CT molecular complexity index is 698. The highest BCUT2D eigenvalue weighted by molar-refractivity contribution is 5.64. The molecule has 0 radical (unpaired) electrons. The van der Waals surface area contributed by atoms with E-state index in [0.717, 1.165) is 28.1 Å². The van der Waals surface area contributed by atoms with Gasteiger partial charge in [-0.25, -0.2) is 4.68 Å². The fourth-order valence-corrected chi connectivity index (χ4v) is 1.97. The monoisotopic (exact) mass is 250 g/mol. The summed E-state index contributed by atoms with van der Waals surface area (Å²) in [6, 6.07) is 9.74. The fraction of sp³-hybridized carbons (Fsp3) is 0.0667. The predicted molar refractivity (Wildman–Crippen MR) is 75.9 cm³/mol. The molecule has 1 aromatic carbocycles. The van der Waals surface area contributed by atoms with Crippen molar-refractivity contribution < 1.29 is 0 Å². The van der Waals surface area contributed by atoms with Crippen LogP contribution < -0.4 is 5.73 Å². The maximum Gasteiger partial charge on any atom is 0.0858 e. The Morgan fingerprint density at radius 2 is 1.79 bits per heavy atom. The summed E-state index contributed by atoms with van der Waals surface area (Å²) >= 11 is 0. The molecule has 0 fully saturated rings. The molecule has 0 spiro atoms. The van der Waals surface area contributed by atoms with E-state index in [1.807, 2.05) is 60.5 Å². The molecular weight excluding hydrogens is 236 g/mol. The maximum absolute atomic E-state index is 5.69. The van der Waals surface area contributed by atoms with Crippen molar-refractivity contribution in [2.45, 2.75) is 6.92 Å². The number of nitrogen functional groups attached to an aromatic ring is 1. The average molecular weight is 250 g/mol. The van der Waals surface area contributed by atoms with Gasteiger partial charge in [0.2, 0.25) is 0 Å². The van der Waals surface area contributed by atoms with E-state index in [1.165, 1.54) is 0 Å². The van der Waals surface area contributed by atoms with Gasteiger partial charge in [-0.2, -0.15) is 5.10 Å². The predicted octanol–water partition coefficient (Wildman–Crippen LogP) is 2.82. The van der Waals surface area contributed by atoms with E-state index in [2.05, 4.69) is 10.1 Å². The number of aryl methyl sites for hydroxylation is 1. The first-order valence-electron chi connectivity index (χ1n) is 6.05. The second kappa shape index (κ2) is 4.57. The lowest BCUT2D eigenvalue weighted by molar-refractivity contribution is 0.865. The van der Waals surface area contributed by atoms with E-state index in [0.29, 0.717) is 0 Å². The summed E-state index contributed by atoms with van der Waals surface area (Å²) in [7, 11) is 0. The van der Waals surface area contributed by atoms with Crippen molar-refractivity contribution in [2.75, 3.05) is 5.73 Å². The molecule has 19 heavy (non-hydrogen) atoms. The molecule has 0 bridgehead atoms. The van der Waals surface area contributed by atoms with Gasteiger partial charge in [0.25, 0.3) is 0 Å². The third-order valence-corrected chi connectivity index (χ3v) is 3.08. The molecule has 0 amide bonds. The van der Waals surface area contributed by atoms with Gasteiger partial charge in [-0.3, -0.25) is 4.98 Å². The van der Waals surface area contributed by atoms with E-state index < -0.39 is 0 Å². The Hall–Kier alpha value is -2.62. The second-order valence-electron chi connectivity index (χ2n) is 4.46. The summed E-state index contributed by atoms with van der Waals surface area (Å²) < 4.78 is 1.84. The van der Waals surface area contributed by atoms with E-state index in [-0.39, 0.29) is 0 Å². The number of benzene rings is 1. The minimum absolute atomic E-state index is 0.763. The van der Waals surface area contributed by atoms with Crippen LogP contribution in [-0.4, -0.2) is 14.8 Å². The average Bonchev–Trinajstić information content (AvgIpc) is 2.89. The van der Waals surface area contributed by atoms with E-state index in [4.69, 9.17) is 5.73 Å². The minimum atomic E-state index is 0.763. The quantitative estimate of drug-likeness (QED) is 0.711. The van der Waals surface area contributed by atoms with Crippen LogP contribution in [-0.2, 0) is 0 Å². The Morgan fingerprint density at radius 3 is 2.53 bits per heavy atom. The van der Waals surface area contributed by atoms with Crippen molar-refractivity contribution in [1.29, 1.82) is 0 Å². The van der Waals surface area contributed by atoms with Crippen LogP contribution >= 0.6 is 0 Å². The van der Waals surface area contributed by atoms with Crippen LogP contribution in [0.2, 0.25) is 0 Å². The summed E-state index contributed by atoms with van der Waals surface area (Å²) in [5.41, 5.74) is 10.7. The molecule has 0 unspecified atom stereocenters. The van der Waals surface area contributed by atoms with Crippen LogP contribution in [0.15, 0.2) is 55.1 Å². The Kier molecular flexibility index (Phi) is 2.76. The standard InChI is InChI=1S/C15H14N4/c1-11-6-7-17-9-15(11)19-10-13(8-18-19)12-2-4-14(16)5-3-12/h2-10H,16H2,1H3. The van der Waals surface area contributed by atoms with Gasteiger partial charge in [0.15, 0.2) is 0 Å². The number of anilines is 1. The topological polar surface area (TPSA) is 56.7 Å². The lowest BCUT2D eigenvalue weighted by atomic mass is 10.1. The molecule has 0 aliphatic heterocycles. The lowest BCUT2D eigenvalue weighted by Gasteiger charge is -2.03. The van der Waals surface area contributed by atoms with Crippen LogP contribution in [0, 0.1) is 6.92 Å². The zero-order chi connectivity index (χ0) is 13.2. The van der Waals surface area contributed by atoms with Gasteiger partial charge in [-0.05, 0) is 36.2 Å². The number of hydrogen-bond donors (Lipinski definition) is 1. The van der Waals surface area contributed by atoms with E-state index in [9.17, 15) is 0 Å². The molecular formula is C15H14N4. The second-order valence-corrected chi connectivity index (χ2v) is 4.46. The van der Waals surface area contributed by atoms with Crippen molar-refractivity contribution in [3.8, 4) is 16.8 Å². The van der Waals surface area contributed by atoms with Gasteiger partial charge in [-0.1, -0.05) is 12.1 Å². The summed E-state index contributed by atoms with van der Waals surface area (Å²) in [5, 5.41) is 4.39. The minimum Gasteiger partial charge on any atom is -0.399 e. The van der Waals surface area contributed by atoms with Gasteiger partial charge in [0.1, 0.15) is 0 Å². The third kappa shape index (κ3) is 2.20. The molecule has 4 nitrogen and oxygen atoms in total. The van der Waals surface area contributed by atoms with Gasteiger partial charge < -0.3 is 5.73 Å². The molecule has 2 aromatic heterocycles. The maximum atomic E-state index is 5.69. The first-order valence-corrected chi connectivity index (χ1v) is 6.05.